The third-order valence-corrected chi connectivity index (χ3v) is 7.94. The molecule has 0 unspecified atom stereocenters. The maximum absolute atomic E-state index is 11.0. The van der Waals surface area contributed by atoms with Gasteiger partial charge in [0.15, 0.2) is 0 Å². The van der Waals surface area contributed by atoms with E-state index in [1.165, 1.54) is 102 Å². The molecule has 1 aromatic carbocycles. The Morgan fingerprint density at radius 1 is 0.800 bits per heavy atom. The number of carbonyl (C=O) groups is 1. The summed E-state index contributed by atoms with van der Waals surface area (Å²) in [5, 5.41) is 0. The fraction of sp³-hybridized carbons (Fsp3) is 0.750. The first-order chi connectivity index (χ1) is 14.6. The molecule has 0 atom stereocenters. The zero-order valence-electron chi connectivity index (χ0n) is 19.5. The van der Waals surface area contributed by atoms with Crippen LogP contribution in [-0.2, 0) is 11.2 Å². The molecule has 2 aliphatic rings. The Morgan fingerprint density at radius 3 is 1.90 bits per heavy atom. The highest BCUT2D eigenvalue weighted by molar-refractivity contribution is 5.69. The fourth-order valence-electron chi connectivity index (χ4n) is 6.02. The topological polar surface area (TPSA) is 26.3 Å². The Hall–Kier alpha value is -1.31. The maximum Gasteiger partial charge on any atom is 0.308 e. The van der Waals surface area contributed by atoms with Crippen molar-refractivity contribution >= 4 is 5.97 Å². The highest BCUT2D eigenvalue weighted by Crippen LogP contribution is 2.43. The van der Waals surface area contributed by atoms with E-state index >= 15 is 0 Å². The molecule has 0 saturated heterocycles. The molecule has 2 saturated carbocycles. The Bertz CT molecular complexity index is 604. The zero-order chi connectivity index (χ0) is 21.2. The quantitative estimate of drug-likeness (QED) is 0.220. The van der Waals surface area contributed by atoms with Crippen LogP contribution in [0.4, 0.5) is 0 Å². The smallest absolute Gasteiger partial charge is 0.308 e. The summed E-state index contributed by atoms with van der Waals surface area (Å²) in [6.07, 6.45) is 21.6. The zero-order valence-corrected chi connectivity index (χ0v) is 19.5. The number of benzene rings is 1. The lowest BCUT2D eigenvalue weighted by Gasteiger charge is -2.38. The average molecular weight is 413 g/mol. The number of hydrogen-bond donors (Lipinski definition) is 0. The lowest BCUT2D eigenvalue weighted by atomic mass is 9.68. The van der Waals surface area contributed by atoms with Gasteiger partial charge in [-0.15, -0.1) is 0 Å². The van der Waals surface area contributed by atoms with Crippen molar-refractivity contribution in [3.05, 3.63) is 29.8 Å². The summed E-state index contributed by atoms with van der Waals surface area (Å²) < 4.78 is 5.13. The SMILES string of the molecule is CCCCCC[C@H]1CC[C@H]([C@H]2CC[C@H](CCc3ccc(OC(C)=O)cc3)CC2)CC1. The van der Waals surface area contributed by atoms with Crippen molar-refractivity contribution in [2.45, 2.75) is 110 Å². The van der Waals surface area contributed by atoms with Gasteiger partial charge in [0.1, 0.15) is 5.75 Å². The summed E-state index contributed by atoms with van der Waals surface area (Å²) in [5.41, 5.74) is 1.37. The fourth-order valence-corrected chi connectivity index (χ4v) is 6.02. The summed E-state index contributed by atoms with van der Waals surface area (Å²) in [7, 11) is 0. The van der Waals surface area contributed by atoms with Crippen molar-refractivity contribution in [3.63, 3.8) is 0 Å². The van der Waals surface area contributed by atoms with Crippen molar-refractivity contribution < 1.29 is 9.53 Å². The standard InChI is InChI=1S/C28H44O2/c1-3-4-5-6-7-23-10-16-26(17-11-23)27-18-12-24(13-19-27)8-9-25-14-20-28(21-15-25)30-22(2)29/h14-15,20-21,23-24,26-27H,3-13,16-19H2,1-2H3/t23-,24-,26-,27-. The summed E-state index contributed by atoms with van der Waals surface area (Å²) in [6.45, 7) is 3.76. The molecule has 0 heterocycles. The van der Waals surface area contributed by atoms with E-state index in [0.717, 1.165) is 30.1 Å². The van der Waals surface area contributed by atoms with E-state index in [9.17, 15) is 4.79 Å². The minimum absolute atomic E-state index is 0.250. The number of unbranched alkanes of at least 4 members (excludes halogenated alkanes) is 3. The first-order valence-electron chi connectivity index (χ1n) is 12.9. The van der Waals surface area contributed by atoms with Crippen LogP contribution in [0.15, 0.2) is 24.3 Å². The van der Waals surface area contributed by atoms with Gasteiger partial charge in [-0.25, -0.2) is 0 Å². The second-order valence-electron chi connectivity index (χ2n) is 10.2. The van der Waals surface area contributed by atoms with Gasteiger partial charge in [-0.1, -0.05) is 76.8 Å². The first-order valence-corrected chi connectivity index (χ1v) is 12.9. The molecule has 0 radical (unpaired) electrons. The summed E-state index contributed by atoms with van der Waals surface area (Å²) >= 11 is 0. The predicted molar refractivity (Wildman–Crippen MR) is 126 cm³/mol. The minimum atomic E-state index is -0.250. The Labute approximate surface area is 185 Å². The molecule has 30 heavy (non-hydrogen) atoms. The molecule has 0 spiro atoms. The van der Waals surface area contributed by atoms with Crippen LogP contribution in [0.5, 0.6) is 5.75 Å². The van der Waals surface area contributed by atoms with Crippen molar-refractivity contribution in [1.82, 2.24) is 0 Å². The third kappa shape index (κ3) is 7.75. The summed E-state index contributed by atoms with van der Waals surface area (Å²) in [6, 6.07) is 8.08. The van der Waals surface area contributed by atoms with E-state index in [1.807, 2.05) is 12.1 Å². The predicted octanol–water partition coefficient (Wildman–Crippen LogP) is 8.13. The first kappa shape index (κ1) is 23.4. The molecular formula is C28H44O2. The third-order valence-electron chi connectivity index (χ3n) is 7.94. The van der Waals surface area contributed by atoms with Gasteiger partial charge in [0.05, 0.1) is 0 Å². The lowest BCUT2D eigenvalue weighted by molar-refractivity contribution is -0.131. The molecular weight excluding hydrogens is 368 g/mol. The summed E-state index contributed by atoms with van der Waals surface area (Å²) in [4.78, 5) is 11.0. The van der Waals surface area contributed by atoms with E-state index in [-0.39, 0.29) is 5.97 Å². The monoisotopic (exact) mass is 412 g/mol. The van der Waals surface area contributed by atoms with Crippen molar-refractivity contribution in [3.8, 4) is 5.75 Å². The van der Waals surface area contributed by atoms with Gasteiger partial charge in [0.2, 0.25) is 0 Å². The van der Waals surface area contributed by atoms with Gasteiger partial charge >= 0.3 is 5.97 Å². The van der Waals surface area contributed by atoms with Crippen LogP contribution in [0, 0.1) is 23.7 Å². The van der Waals surface area contributed by atoms with E-state index in [0.29, 0.717) is 5.75 Å². The lowest BCUT2D eigenvalue weighted by Crippen LogP contribution is -2.26. The van der Waals surface area contributed by atoms with E-state index in [1.54, 1.807) is 0 Å². The number of rotatable bonds is 10. The van der Waals surface area contributed by atoms with Gasteiger partial charge in [-0.2, -0.15) is 0 Å². The molecule has 0 N–H and O–H groups in total. The molecule has 2 fully saturated rings. The van der Waals surface area contributed by atoms with Crippen LogP contribution in [-0.4, -0.2) is 5.97 Å². The maximum atomic E-state index is 11.0. The van der Waals surface area contributed by atoms with Gasteiger partial charge in [-0.05, 0) is 79.9 Å². The molecule has 0 bridgehead atoms. The van der Waals surface area contributed by atoms with Gasteiger partial charge in [0, 0.05) is 6.92 Å². The second-order valence-corrected chi connectivity index (χ2v) is 10.2. The minimum Gasteiger partial charge on any atom is -0.427 e. The van der Waals surface area contributed by atoms with Crippen LogP contribution in [0.25, 0.3) is 0 Å². The molecule has 2 aliphatic carbocycles. The Kier molecular flexibility index (Phi) is 9.75. The number of hydrogen-bond acceptors (Lipinski definition) is 2. The van der Waals surface area contributed by atoms with Crippen molar-refractivity contribution in [1.29, 1.82) is 0 Å². The molecule has 1 aromatic rings. The number of ether oxygens (including phenoxy) is 1. The summed E-state index contributed by atoms with van der Waals surface area (Å²) in [5.74, 6) is 4.41. The number of esters is 1. The van der Waals surface area contributed by atoms with Gasteiger partial charge in [-0.3, -0.25) is 4.79 Å². The average Bonchev–Trinajstić information content (AvgIpc) is 2.77. The van der Waals surface area contributed by atoms with Crippen LogP contribution >= 0.6 is 0 Å². The largest absolute Gasteiger partial charge is 0.427 e. The normalized spacial score (nSPS) is 27.0. The van der Waals surface area contributed by atoms with Crippen molar-refractivity contribution in [2.24, 2.45) is 23.7 Å². The number of carbonyl (C=O) groups excluding carboxylic acids is 1. The molecule has 0 aliphatic heterocycles. The molecule has 0 amide bonds. The Balaban J connectivity index is 1.30. The van der Waals surface area contributed by atoms with Gasteiger partial charge in [0.25, 0.3) is 0 Å². The van der Waals surface area contributed by atoms with Crippen molar-refractivity contribution in [2.75, 3.05) is 0 Å². The van der Waals surface area contributed by atoms with Crippen LogP contribution < -0.4 is 4.74 Å². The Morgan fingerprint density at radius 2 is 1.37 bits per heavy atom. The van der Waals surface area contributed by atoms with Gasteiger partial charge < -0.3 is 4.74 Å². The highest BCUT2D eigenvalue weighted by atomic mass is 16.5. The van der Waals surface area contributed by atoms with E-state index in [2.05, 4.69) is 19.1 Å². The molecule has 2 nitrogen and oxygen atoms in total. The van der Waals surface area contributed by atoms with E-state index < -0.39 is 0 Å². The van der Waals surface area contributed by atoms with Crippen LogP contribution in [0.3, 0.4) is 0 Å². The molecule has 0 aromatic heterocycles. The number of aryl methyl sites for hydroxylation is 1. The second kappa shape index (κ2) is 12.5. The van der Waals surface area contributed by atoms with Crippen LogP contribution in [0.2, 0.25) is 0 Å². The molecule has 3 rings (SSSR count). The molecule has 168 valence electrons. The molecule has 2 heteroatoms. The highest BCUT2D eigenvalue weighted by Gasteiger charge is 2.30. The van der Waals surface area contributed by atoms with E-state index in [4.69, 9.17) is 4.74 Å². The van der Waals surface area contributed by atoms with Crippen LogP contribution in [0.1, 0.15) is 109 Å².